The van der Waals surface area contributed by atoms with Gasteiger partial charge in [-0.3, -0.25) is 14.2 Å². The molecule has 4 aromatic heterocycles. The molecule has 1 saturated heterocycles. The average Bonchev–Trinajstić information content (AvgIpc) is 3.48. The van der Waals surface area contributed by atoms with Gasteiger partial charge < -0.3 is 20.6 Å². The maximum absolute atomic E-state index is 12.7. The third-order valence-electron chi connectivity index (χ3n) is 6.23. The lowest BCUT2D eigenvalue weighted by Crippen LogP contribution is -2.35. The number of carbonyl (C=O) groups excluding carboxylic acids is 1. The van der Waals surface area contributed by atoms with E-state index < -0.39 is 0 Å². The molecule has 0 unspecified atom stereocenters. The number of hydrogen-bond donors (Lipinski definition) is 3. The molecule has 0 aromatic carbocycles. The van der Waals surface area contributed by atoms with Crippen LogP contribution in [-0.2, 0) is 6.54 Å². The smallest absolute Gasteiger partial charge is 0.254 e. The monoisotopic (exact) mass is 442 g/mol. The number of piperidine rings is 1. The highest BCUT2D eigenvalue weighted by Gasteiger charge is 2.28. The van der Waals surface area contributed by atoms with Crippen LogP contribution in [0.3, 0.4) is 0 Å². The number of fused-ring (bicyclic) bond motifs is 2. The van der Waals surface area contributed by atoms with Crippen LogP contribution < -0.4 is 15.5 Å². The van der Waals surface area contributed by atoms with E-state index in [0.29, 0.717) is 29.3 Å². The molecule has 0 bridgehead atoms. The van der Waals surface area contributed by atoms with Crippen molar-refractivity contribution in [3.05, 3.63) is 60.6 Å². The Labute approximate surface area is 189 Å². The first-order chi connectivity index (χ1) is 16.2. The summed E-state index contributed by atoms with van der Waals surface area (Å²) >= 11 is 0. The number of imidazole rings is 1. The number of hydrogen-bond acceptors (Lipinski definition) is 8. The fraction of sp³-hybridized carbons (Fsp3) is 0.261. The molecule has 6 rings (SSSR count). The first-order valence-corrected chi connectivity index (χ1v) is 10.9. The van der Waals surface area contributed by atoms with E-state index in [2.05, 4.69) is 35.5 Å². The summed E-state index contributed by atoms with van der Waals surface area (Å²) < 4.78 is 1.83. The number of aliphatic hydroxyl groups excluding tert-OH is 1. The Hall–Kier alpha value is -4.05. The van der Waals surface area contributed by atoms with Gasteiger partial charge in [-0.1, -0.05) is 0 Å². The normalized spacial score (nSPS) is 16.2. The van der Waals surface area contributed by atoms with E-state index >= 15 is 0 Å². The highest BCUT2D eigenvalue weighted by atomic mass is 16.3. The van der Waals surface area contributed by atoms with Gasteiger partial charge in [0.1, 0.15) is 17.8 Å². The Morgan fingerprint density at radius 3 is 2.79 bits per heavy atom. The van der Waals surface area contributed by atoms with Gasteiger partial charge in [0, 0.05) is 43.8 Å². The summed E-state index contributed by atoms with van der Waals surface area (Å²) in [5.41, 5.74) is 5.19. The zero-order valence-electron chi connectivity index (χ0n) is 17.8. The molecule has 2 aliphatic heterocycles. The number of amides is 1. The number of aliphatic hydroxyl groups is 1. The van der Waals surface area contributed by atoms with Gasteiger partial charge in [-0.15, -0.1) is 0 Å². The molecule has 1 amide bonds. The van der Waals surface area contributed by atoms with Crippen LogP contribution in [0, 0.1) is 0 Å². The Bertz CT molecular complexity index is 1340. The van der Waals surface area contributed by atoms with Crippen LogP contribution in [0.2, 0.25) is 0 Å². The molecule has 2 aliphatic rings. The Morgan fingerprint density at radius 1 is 1.09 bits per heavy atom. The van der Waals surface area contributed by atoms with Gasteiger partial charge in [0.15, 0.2) is 0 Å². The SMILES string of the molecule is O=C1NCc2c(-c3cncn4ccnc34)ncc(Nc3ccc(N4CCC(O)CC4)cn3)c21. The van der Waals surface area contributed by atoms with Gasteiger partial charge in [-0.25, -0.2) is 15.0 Å². The summed E-state index contributed by atoms with van der Waals surface area (Å²) in [6, 6.07) is 3.89. The van der Waals surface area contributed by atoms with Crippen molar-refractivity contribution < 1.29 is 9.90 Å². The predicted molar refractivity (Wildman–Crippen MR) is 122 cm³/mol. The van der Waals surface area contributed by atoms with Crippen LogP contribution in [-0.4, -0.2) is 54.5 Å². The van der Waals surface area contributed by atoms with E-state index in [4.69, 9.17) is 0 Å². The number of aromatic nitrogens is 5. The van der Waals surface area contributed by atoms with Crippen molar-refractivity contribution in [2.45, 2.75) is 25.5 Å². The molecular formula is C23H22N8O2. The first kappa shape index (κ1) is 19.6. The zero-order chi connectivity index (χ0) is 22.4. The predicted octanol–water partition coefficient (Wildman–Crippen LogP) is 2.13. The molecule has 0 atom stereocenters. The van der Waals surface area contributed by atoms with E-state index in [9.17, 15) is 9.90 Å². The van der Waals surface area contributed by atoms with E-state index in [0.717, 1.165) is 48.4 Å². The zero-order valence-corrected chi connectivity index (χ0v) is 17.8. The van der Waals surface area contributed by atoms with Crippen molar-refractivity contribution in [1.29, 1.82) is 0 Å². The van der Waals surface area contributed by atoms with Gasteiger partial charge in [0.2, 0.25) is 0 Å². The number of nitrogens with one attached hydrogen (secondary N) is 2. The van der Waals surface area contributed by atoms with E-state index in [-0.39, 0.29) is 12.0 Å². The van der Waals surface area contributed by atoms with Crippen LogP contribution in [0.5, 0.6) is 0 Å². The lowest BCUT2D eigenvalue weighted by Gasteiger charge is -2.31. The van der Waals surface area contributed by atoms with Crippen molar-refractivity contribution >= 4 is 28.7 Å². The average molecular weight is 442 g/mol. The highest BCUT2D eigenvalue weighted by molar-refractivity contribution is 6.05. The quantitative estimate of drug-likeness (QED) is 0.440. The molecule has 1 fully saturated rings. The second-order valence-corrected chi connectivity index (χ2v) is 8.27. The number of carbonyl (C=O) groups is 1. The Balaban J connectivity index is 1.31. The summed E-state index contributed by atoms with van der Waals surface area (Å²) in [6.45, 7) is 2.01. The maximum atomic E-state index is 12.7. The summed E-state index contributed by atoms with van der Waals surface area (Å²) in [4.78, 5) is 32.8. The number of pyridine rings is 2. The second-order valence-electron chi connectivity index (χ2n) is 8.27. The van der Waals surface area contributed by atoms with Crippen LogP contribution in [0.25, 0.3) is 16.9 Å². The summed E-state index contributed by atoms with van der Waals surface area (Å²) in [7, 11) is 0. The van der Waals surface area contributed by atoms with E-state index in [1.807, 2.05) is 28.9 Å². The number of nitrogens with zero attached hydrogens (tertiary/aromatic N) is 6. The third-order valence-corrected chi connectivity index (χ3v) is 6.23. The highest BCUT2D eigenvalue weighted by Crippen LogP contribution is 2.34. The fourth-order valence-corrected chi connectivity index (χ4v) is 4.50. The van der Waals surface area contributed by atoms with Crippen molar-refractivity contribution in [2.75, 3.05) is 23.3 Å². The van der Waals surface area contributed by atoms with Gasteiger partial charge in [-0.2, -0.15) is 0 Å². The Kier molecular flexibility index (Phi) is 4.65. The summed E-state index contributed by atoms with van der Waals surface area (Å²) in [6.07, 6.45) is 11.7. The van der Waals surface area contributed by atoms with Crippen LogP contribution in [0.4, 0.5) is 17.2 Å². The minimum Gasteiger partial charge on any atom is -0.393 e. The molecule has 0 radical (unpaired) electrons. The molecule has 0 aliphatic carbocycles. The molecular weight excluding hydrogens is 420 g/mol. The fourth-order valence-electron chi connectivity index (χ4n) is 4.50. The van der Waals surface area contributed by atoms with Gasteiger partial charge in [0.25, 0.3) is 5.91 Å². The molecule has 3 N–H and O–H groups in total. The minimum absolute atomic E-state index is 0.150. The largest absolute Gasteiger partial charge is 0.393 e. The van der Waals surface area contributed by atoms with Gasteiger partial charge >= 0.3 is 0 Å². The van der Waals surface area contributed by atoms with E-state index in [1.165, 1.54) is 0 Å². The summed E-state index contributed by atoms with van der Waals surface area (Å²) in [5.74, 6) is 0.479. The summed E-state index contributed by atoms with van der Waals surface area (Å²) in [5, 5.41) is 15.9. The first-order valence-electron chi connectivity index (χ1n) is 10.9. The standard InChI is InChI=1S/C23H22N8O2/c32-15-3-6-30(7-4-15)14-1-2-19(26-9-14)29-18-12-27-21(16-11-28-23(33)20(16)18)17-10-24-13-31-8-5-25-22(17)31/h1-2,5,8-10,12-13,15,32H,3-4,6-7,11H2,(H,26,29)(H,28,33). The molecule has 0 saturated carbocycles. The van der Waals surface area contributed by atoms with Crippen LogP contribution >= 0.6 is 0 Å². The van der Waals surface area contributed by atoms with Crippen molar-refractivity contribution in [3.63, 3.8) is 0 Å². The Morgan fingerprint density at radius 2 is 1.97 bits per heavy atom. The number of rotatable bonds is 4. The van der Waals surface area contributed by atoms with Gasteiger partial charge in [0.05, 0.1) is 46.7 Å². The molecule has 10 nitrogen and oxygen atoms in total. The van der Waals surface area contributed by atoms with Crippen molar-refractivity contribution in [3.8, 4) is 11.3 Å². The minimum atomic E-state index is -0.213. The lowest BCUT2D eigenvalue weighted by molar-refractivity contribution is 0.0966. The lowest BCUT2D eigenvalue weighted by atomic mass is 10.0. The second kappa shape index (κ2) is 7.82. The van der Waals surface area contributed by atoms with Crippen molar-refractivity contribution in [1.82, 2.24) is 29.7 Å². The molecule has 0 spiro atoms. The third kappa shape index (κ3) is 3.44. The molecule has 6 heterocycles. The molecule has 166 valence electrons. The number of anilines is 3. The molecule has 10 heteroatoms. The molecule has 33 heavy (non-hydrogen) atoms. The van der Waals surface area contributed by atoms with Crippen molar-refractivity contribution in [2.24, 2.45) is 0 Å². The maximum Gasteiger partial charge on any atom is 0.254 e. The molecule has 4 aromatic rings. The topological polar surface area (TPSA) is 121 Å². The van der Waals surface area contributed by atoms with Crippen LogP contribution in [0.15, 0.2) is 49.4 Å². The van der Waals surface area contributed by atoms with E-state index in [1.54, 1.807) is 24.9 Å². The van der Waals surface area contributed by atoms with Gasteiger partial charge in [-0.05, 0) is 25.0 Å². The van der Waals surface area contributed by atoms with Crippen LogP contribution in [0.1, 0.15) is 28.8 Å².